The number of aryl methyl sites for hydroxylation is 1. The minimum Gasteiger partial charge on any atom is -0.310 e. The zero-order chi connectivity index (χ0) is 12.3. The van der Waals surface area contributed by atoms with E-state index in [2.05, 4.69) is 49.4 Å². The predicted molar refractivity (Wildman–Crippen MR) is 70.3 cm³/mol. The van der Waals surface area contributed by atoms with E-state index in [9.17, 15) is 0 Å². The van der Waals surface area contributed by atoms with Gasteiger partial charge in [-0.05, 0) is 30.2 Å². The number of nitrogens with zero attached hydrogens (tertiary/aromatic N) is 2. The van der Waals surface area contributed by atoms with E-state index in [-0.39, 0.29) is 0 Å². The topological polar surface area (TPSA) is 29.9 Å². The second kappa shape index (κ2) is 5.15. The highest BCUT2D eigenvalue weighted by molar-refractivity contribution is 5.42. The number of hydrogen-bond acceptors (Lipinski definition) is 2. The molecule has 1 N–H and O–H groups in total. The van der Waals surface area contributed by atoms with Crippen molar-refractivity contribution >= 4 is 0 Å². The lowest BCUT2D eigenvalue weighted by Gasteiger charge is -2.11. The molecule has 0 spiro atoms. The molecule has 0 fully saturated rings. The van der Waals surface area contributed by atoms with Crippen molar-refractivity contribution in [1.82, 2.24) is 15.1 Å². The molecule has 0 unspecified atom stereocenters. The molecule has 90 valence electrons. The van der Waals surface area contributed by atoms with Gasteiger partial charge in [-0.2, -0.15) is 5.10 Å². The molecule has 3 heteroatoms. The van der Waals surface area contributed by atoms with Gasteiger partial charge in [0.2, 0.25) is 0 Å². The van der Waals surface area contributed by atoms with Gasteiger partial charge < -0.3 is 5.32 Å². The van der Waals surface area contributed by atoms with Crippen molar-refractivity contribution in [3.63, 3.8) is 0 Å². The summed E-state index contributed by atoms with van der Waals surface area (Å²) in [4.78, 5) is 0. The second-order valence-corrected chi connectivity index (χ2v) is 4.61. The third-order valence-electron chi connectivity index (χ3n) is 2.74. The van der Waals surface area contributed by atoms with Crippen LogP contribution in [0.15, 0.2) is 36.7 Å². The maximum absolute atomic E-state index is 4.28. The van der Waals surface area contributed by atoms with Gasteiger partial charge in [-0.25, -0.2) is 4.68 Å². The van der Waals surface area contributed by atoms with Crippen molar-refractivity contribution in [3.8, 4) is 5.69 Å². The first-order chi connectivity index (χ1) is 8.16. The van der Waals surface area contributed by atoms with Crippen LogP contribution in [-0.2, 0) is 6.54 Å². The Kier molecular flexibility index (Phi) is 3.59. The van der Waals surface area contributed by atoms with Gasteiger partial charge in [-0.15, -0.1) is 0 Å². The minimum atomic E-state index is 0.504. The van der Waals surface area contributed by atoms with Gasteiger partial charge in [-0.3, -0.25) is 0 Å². The molecule has 1 heterocycles. The highest BCUT2D eigenvalue weighted by atomic mass is 15.3. The molecular weight excluding hydrogens is 210 g/mol. The maximum atomic E-state index is 4.28. The van der Waals surface area contributed by atoms with E-state index in [1.165, 1.54) is 11.1 Å². The Morgan fingerprint density at radius 2 is 2.18 bits per heavy atom. The van der Waals surface area contributed by atoms with Gasteiger partial charge in [0.05, 0.1) is 5.69 Å². The Balaban J connectivity index is 2.24. The van der Waals surface area contributed by atoms with Gasteiger partial charge >= 0.3 is 0 Å². The largest absolute Gasteiger partial charge is 0.310 e. The van der Waals surface area contributed by atoms with Crippen LogP contribution < -0.4 is 5.32 Å². The summed E-state index contributed by atoms with van der Waals surface area (Å²) >= 11 is 0. The molecule has 0 saturated heterocycles. The number of rotatable bonds is 4. The summed E-state index contributed by atoms with van der Waals surface area (Å²) < 4.78 is 1.91. The Bertz CT molecular complexity index is 472. The lowest BCUT2D eigenvalue weighted by Crippen LogP contribution is -2.21. The maximum Gasteiger partial charge on any atom is 0.0677 e. The van der Waals surface area contributed by atoms with Crippen LogP contribution in [0.4, 0.5) is 0 Å². The van der Waals surface area contributed by atoms with Crippen molar-refractivity contribution in [2.45, 2.75) is 33.4 Å². The van der Waals surface area contributed by atoms with Crippen molar-refractivity contribution < 1.29 is 0 Å². The highest BCUT2D eigenvalue weighted by Gasteiger charge is 2.03. The van der Waals surface area contributed by atoms with Crippen molar-refractivity contribution in [3.05, 3.63) is 47.8 Å². The third-order valence-corrected chi connectivity index (χ3v) is 2.74. The van der Waals surface area contributed by atoms with Gasteiger partial charge in [-0.1, -0.05) is 26.0 Å². The van der Waals surface area contributed by atoms with Crippen molar-refractivity contribution in [2.24, 2.45) is 0 Å². The quantitative estimate of drug-likeness (QED) is 0.873. The Morgan fingerprint density at radius 3 is 2.82 bits per heavy atom. The van der Waals surface area contributed by atoms with E-state index in [1.807, 2.05) is 16.9 Å². The predicted octanol–water partition coefficient (Wildman–Crippen LogP) is 2.68. The normalized spacial score (nSPS) is 11.1. The molecule has 0 atom stereocenters. The Hall–Kier alpha value is -1.61. The first-order valence-electron chi connectivity index (χ1n) is 6.00. The molecule has 3 nitrogen and oxygen atoms in total. The molecule has 17 heavy (non-hydrogen) atoms. The Labute approximate surface area is 102 Å². The summed E-state index contributed by atoms with van der Waals surface area (Å²) in [5.74, 6) is 0. The number of nitrogens with one attached hydrogen (secondary N) is 1. The zero-order valence-electron chi connectivity index (χ0n) is 10.6. The van der Waals surface area contributed by atoms with Crippen LogP contribution in [0.5, 0.6) is 0 Å². The molecule has 0 aliphatic heterocycles. The summed E-state index contributed by atoms with van der Waals surface area (Å²) in [5.41, 5.74) is 3.68. The van der Waals surface area contributed by atoms with E-state index >= 15 is 0 Å². The zero-order valence-corrected chi connectivity index (χ0v) is 10.6. The van der Waals surface area contributed by atoms with Crippen LogP contribution in [0.25, 0.3) is 5.69 Å². The van der Waals surface area contributed by atoms with E-state index in [4.69, 9.17) is 0 Å². The van der Waals surface area contributed by atoms with Crippen LogP contribution in [0.2, 0.25) is 0 Å². The van der Waals surface area contributed by atoms with Crippen LogP contribution in [0.1, 0.15) is 25.0 Å². The fourth-order valence-electron chi connectivity index (χ4n) is 1.75. The smallest absolute Gasteiger partial charge is 0.0677 e. The number of benzene rings is 1. The fraction of sp³-hybridized carbons (Fsp3) is 0.357. The molecule has 0 aliphatic carbocycles. The van der Waals surface area contributed by atoms with Gasteiger partial charge in [0.25, 0.3) is 0 Å². The van der Waals surface area contributed by atoms with Gasteiger partial charge in [0.15, 0.2) is 0 Å². The lowest BCUT2D eigenvalue weighted by atomic mass is 10.1. The molecule has 1 aromatic carbocycles. The molecule has 0 aliphatic rings. The molecule has 0 saturated carbocycles. The monoisotopic (exact) mass is 229 g/mol. The second-order valence-electron chi connectivity index (χ2n) is 4.61. The number of hydrogen-bond donors (Lipinski definition) is 1. The summed E-state index contributed by atoms with van der Waals surface area (Å²) in [6.07, 6.45) is 3.78. The molecule has 1 aromatic heterocycles. The minimum absolute atomic E-state index is 0.504. The van der Waals surface area contributed by atoms with Crippen LogP contribution >= 0.6 is 0 Å². The molecular formula is C14H19N3. The van der Waals surface area contributed by atoms with Crippen molar-refractivity contribution in [2.75, 3.05) is 0 Å². The summed E-state index contributed by atoms with van der Waals surface area (Å²) in [5, 5.41) is 7.70. The van der Waals surface area contributed by atoms with E-state index in [0.717, 1.165) is 12.2 Å². The standard InChI is InChI=1S/C14H19N3/c1-11(2)15-10-13-6-5-12(3)14(9-13)17-8-4-7-16-17/h4-9,11,15H,10H2,1-3H3. The molecule has 0 amide bonds. The van der Waals surface area contributed by atoms with Crippen LogP contribution in [0, 0.1) is 6.92 Å². The lowest BCUT2D eigenvalue weighted by molar-refractivity contribution is 0.588. The average molecular weight is 229 g/mol. The molecule has 0 bridgehead atoms. The van der Waals surface area contributed by atoms with Gasteiger partial charge in [0.1, 0.15) is 0 Å². The summed E-state index contributed by atoms with van der Waals surface area (Å²) in [6.45, 7) is 7.31. The SMILES string of the molecule is Cc1ccc(CNC(C)C)cc1-n1cccn1. The molecule has 2 rings (SSSR count). The Morgan fingerprint density at radius 1 is 1.35 bits per heavy atom. The van der Waals surface area contributed by atoms with E-state index in [1.54, 1.807) is 6.20 Å². The third kappa shape index (κ3) is 2.94. The fourth-order valence-corrected chi connectivity index (χ4v) is 1.75. The summed E-state index contributed by atoms with van der Waals surface area (Å²) in [6, 6.07) is 8.95. The first-order valence-corrected chi connectivity index (χ1v) is 6.00. The average Bonchev–Trinajstić information content (AvgIpc) is 2.81. The first kappa shape index (κ1) is 11.9. The number of aromatic nitrogens is 2. The van der Waals surface area contributed by atoms with E-state index in [0.29, 0.717) is 6.04 Å². The van der Waals surface area contributed by atoms with Gasteiger partial charge in [0, 0.05) is 25.0 Å². The summed E-state index contributed by atoms with van der Waals surface area (Å²) in [7, 11) is 0. The van der Waals surface area contributed by atoms with Crippen LogP contribution in [-0.4, -0.2) is 15.8 Å². The molecule has 0 radical (unpaired) electrons. The highest BCUT2D eigenvalue weighted by Crippen LogP contribution is 2.15. The van der Waals surface area contributed by atoms with Crippen molar-refractivity contribution in [1.29, 1.82) is 0 Å². The van der Waals surface area contributed by atoms with Crippen LogP contribution in [0.3, 0.4) is 0 Å². The van der Waals surface area contributed by atoms with E-state index < -0.39 is 0 Å². The molecule has 2 aromatic rings.